The molecule has 0 radical (unpaired) electrons. The lowest BCUT2D eigenvalue weighted by atomic mass is 10.0. The molecule has 25 heavy (non-hydrogen) atoms. The van der Waals surface area contributed by atoms with Gasteiger partial charge in [-0.25, -0.2) is 14.2 Å². The van der Waals surface area contributed by atoms with Gasteiger partial charge in [0.25, 0.3) is 0 Å². The zero-order chi connectivity index (χ0) is 17.9. The number of methoxy groups -OCH3 is 1. The molecule has 0 unspecified atom stereocenters. The summed E-state index contributed by atoms with van der Waals surface area (Å²) in [5.74, 6) is -0.142. The number of urea groups is 1. The summed E-state index contributed by atoms with van der Waals surface area (Å²) >= 11 is 0. The summed E-state index contributed by atoms with van der Waals surface area (Å²) in [6.07, 6.45) is 4.76. The van der Waals surface area contributed by atoms with E-state index in [1.165, 1.54) is 7.11 Å². The molecule has 1 aromatic rings. The summed E-state index contributed by atoms with van der Waals surface area (Å²) in [5, 5.41) is 5.52. The Morgan fingerprint density at radius 2 is 2.00 bits per heavy atom. The fourth-order valence-electron chi connectivity index (χ4n) is 2.43. The second-order valence-corrected chi connectivity index (χ2v) is 6.27. The van der Waals surface area contributed by atoms with Gasteiger partial charge in [0.2, 0.25) is 5.69 Å². The number of unbranched alkanes of at least 4 members (excludes halogenated alkanes) is 1. The maximum atomic E-state index is 12.1. The molecule has 2 N–H and O–H groups in total. The number of amides is 2. The third-order valence-corrected chi connectivity index (χ3v) is 3.72. The van der Waals surface area contributed by atoms with Gasteiger partial charge in [0.1, 0.15) is 19.1 Å². The zero-order valence-corrected chi connectivity index (χ0v) is 17.7. The monoisotopic (exact) mass is 463 g/mol. The Morgan fingerprint density at radius 1 is 1.28 bits per heavy atom. The molecule has 0 saturated carbocycles. The van der Waals surface area contributed by atoms with Crippen molar-refractivity contribution in [2.45, 2.75) is 59.2 Å². The SMILES string of the molecule is CCCC[n+]1ccccc1CNC(=O)N[C@@H](CC(C)C)C(=O)OC.[I-]. The van der Waals surface area contributed by atoms with Crippen LogP contribution >= 0.6 is 0 Å². The Morgan fingerprint density at radius 3 is 2.60 bits per heavy atom. The van der Waals surface area contributed by atoms with Gasteiger partial charge in [-0.15, -0.1) is 0 Å². The van der Waals surface area contributed by atoms with Gasteiger partial charge in [0.05, 0.1) is 7.11 Å². The first-order valence-corrected chi connectivity index (χ1v) is 8.57. The maximum Gasteiger partial charge on any atom is 0.328 e. The number of carbonyl (C=O) groups is 2. The number of ether oxygens (including phenoxy) is 1. The fourth-order valence-corrected chi connectivity index (χ4v) is 2.43. The standard InChI is InChI=1S/C18H29N3O3.HI/c1-5-6-10-21-11-8-7-9-15(21)13-19-18(23)20-16(12-14(2)3)17(22)24-4;/h7-9,11,14,16H,5-6,10,12-13H2,1-4H3,(H-,19,20,23);1H/t16-;/m0./s1. The van der Waals surface area contributed by atoms with Crippen LogP contribution in [-0.4, -0.2) is 25.2 Å². The van der Waals surface area contributed by atoms with Crippen LogP contribution in [0.25, 0.3) is 0 Å². The minimum atomic E-state index is -0.627. The molecule has 1 rings (SSSR count). The van der Waals surface area contributed by atoms with E-state index in [4.69, 9.17) is 4.74 Å². The van der Waals surface area contributed by atoms with Crippen molar-refractivity contribution in [2.24, 2.45) is 5.92 Å². The number of carbonyl (C=O) groups excluding carboxylic acids is 2. The minimum Gasteiger partial charge on any atom is -1.00 e. The lowest BCUT2D eigenvalue weighted by Gasteiger charge is -2.18. The number of halogens is 1. The number of nitrogens with one attached hydrogen (secondary N) is 2. The van der Waals surface area contributed by atoms with Gasteiger partial charge in [-0.2, -0.15) is 0 Å². The molecule has 0 aliphatic heterocycles. The van der Waals surface area contributed by atoms with Crippen LogP contribution in [0, 0.1) is 5.92 Å². The van der Waals surface area contributed by atoms with Crippen LogP contribution in [-0.2, 0) is 22.6 Å². The van der Waals surface area contributed by atoms with E-state index in [2.05, 4.69) is 22.1 Å². The van der Waals surface area contributed by atoms with Crippen molar-refractivity contribution < 1.29 is 42.9 Å². The Bertz CT molecular complexity index is 538. The summed E-state index contributed by atoms with van der Waals surface area (Å²) in [6.45, 7) is 7.48. The number of pyridine rings is 1. The molecule has 1 aromatic heterocycles. The third kappa shape index (κ3) is 9.04. The van der Waals surface area contributed by atoms with Crippen LogP contribution in [0.3, 0.4) is 0 Å². The van der Waals surface area contributed by atoms with Crippen molar-refractivity contribution in [3.8, 4) is 0 Å². The smallest absolute Gasteiger partial charge is 0.328 e. The first-order chi connectivity index (χ1) is 11.5. The van der Waals surface area contributed by atoms with E-state index in [0.29, 0.717) is 13.0 Å². The maximum absolute atomic E-state index is 12.1. The number of hydrogen-bond donors (Lipinski definition) is 2. The Hall–Kier alpha value is -1.38. The molecule has 142 valence electrons. The molecule has 1 atom stereocenters. The van der Waals surface area contributed by atoms with E-state index >= 15 is 0 Å². The highest BCUT2D eigenvalue weighted by atomic mass is 127. The molecule has 7 heteroatoms. The summed E-state index contributed by atoms with van der Waals surface area (Å²) < 4.78 is 6.89. The van der Waals surface area contributed by atoms with Gasteiger partial charge >= 0.3 is 12.0 Å². The molecular weight excluding hydrogens is 433 g/mol. The van der Waals surface area contributed by atoms with E-state index in [1.807, 2.05) is 38.2 Å². The third-order valence-electron chi connectivity index (χ3n) is 3.72. The Kier molecular flexibility index (Phi) is 12.2. The summed E-state index contributed by atoms with van der Waals surface area (Å²) in [4.78, 5) is 23.9. The minimum absolute atomic E-state index is 0. The van der Waals surface area contributed by atoms with Gasteiger partial charge in [0, 0.05) is 18.6 Å². The molecule has 0 aliphatic rings. The number of hydrogen-bond acceptors (Lipinski definition) is 3. The number of rotatable bonds is 9. The quantitative estimate of drug-likeness (QED) is 0.285. The number of aromatic nitrogens is 1. The predicted octanol–water partition coefficient (Wildman–Crippen LogP) is -0.835. The van der Waals surface area contributed by atoms with Crippen LogP contribution in [0.15, 0.2) is 24.4 Å². The van der Waals surface area contributed by atoms with Crippen molar-refractivity contribution in [2.75, 3.05) is 7.11 Å². The molecule has 0 spiro atoms. The second kappa shape index (κ2) is 12.9. The zero-order valence-electron chi connectivity index (χ0n) is 15.5. The van der Waals surface area contributed by atoms with Crippen molar-refractivity contribution >= 4 is 12.0 Å². The molecule has 0 bridgehead atoms. The Labute approximate surface area is 167 Å². The van der Waals surface area contributed by atoms with E-state index in [1.54, 1.807) is 0 Å². The number of esters is 1. The molecule has 1 heterocycles. The van der Waals surface area contributed by atoms with Crippen LogP contribution < -0.4 is 39.2 Å². The topological polar surface area (TPSA) is 71.3 Å². The van der Waals surface area contributed by atoms with Crippen LogP contribution in [0.1, 0.15) is 45.7 Å². The van der Waals surface area contributed by atoms with E-state index < -0.39 is 12.0 Å². The average Bonchev–Trinajstić information content (AvgIpc) is 2.57. The summed E-state index contributed by atoms with van der Waals surface area (Å²) in [6, 6.07) is 4.93. The summed E-state index contributed by atoms with van der Waals surface area (Å²) in [7, 11) is 1.33. The van der Waals surface area contributed by atoms with Crippen LogP contribution in [0.2, 0.25) is 0 Å². The molecule has 2 amide bonds. The summed E-state index contributed by atoms with van der Waals surface area (Å²) in [5.41, 5.74) is 1.03. The molecule has 0 saturated heterocycles. The Balaban J connectivity index is 0.00000576. The molecular formula is C18H30IN3O3. The van der Waals surface area contributed by atoms with Crippen molar-refractivity contribution in [3.63, 3.8) is 0 Å². The first kappa shape index (κ1) is 23.6. The van der Waals surface area contributed by atoms with Gasteiger partial charge in [-0.05, 0) is 12.3 Å². The number of aryl methyl sites for hydroxylation is 1. The van der Waals surface area contributed by atoms with Crippen LogP contribution in [0.4, 0.5) is 4.79 Å². The van der Waals surface area contributed by atoms with Crippen LogP contribution in [0.5, 0.6) is 0 Å². The fraction of sp³-hybridized carbons (Fsp3) is 0.611. The molecule has 0 aromatic carbocycles. The predicted molar refractivity (Wildman–Crippen MR) is 92.2 cm³/mol. The largest absolute Gasteiger partial charge is 1.00 e. The van der Waals surface area contributed by atoms with Crippen molar-refractivity contribution in [1.29, 1.82) is 0 Å². The highest BCUT2D eigenvalue weighted by Gasteiger charge is 2.22. The van der Waals surface area contributed by atoms with Gasteiger partial charge < -0.3 is 39.3 Å². The van der Waals surface area contributed by atoms with Gasteiger partial charge in [0.15, 0.2) is 6.20 Å². The average molecular weight is 463 g/mol. The highest BCUT2D eigenvalue weighted by Crippen LogP contribution is 2.06. The van der Waals surface area contributed by atoms with E-state index in [9.17, 15) is 9.59 Å². The number of nitrogens with zero attached hydrogens (tertiary/aromatic N) is 1. The lowest BCUT2D eigenvalue weighted by molar-refractivity contribution is -0.704. The highest BCUT2D eigenvalue weighted by molar-refractivity contribution is 5.83. The van der Waals surface area contributed by atoms with Crippen molar-refractivity contribution in [1.82, 2.24) is 10.6 Å². The molecule has 6 nitrogen and oxygen atoms in total. The second-order valence-electron chi connectivity index (χ2n) is 6.27. The normalized spacial score (nSPS) is 11.4. The first-order valence-electron chi connectivity index (χ1n) is 8.57. The van der Waals surface area contributed by atoms with Gasteiger partial charge in [-0.1, -0.05) is 33.3 Å². The molecule has 0 fully saturated rings. The molecule has 0 aliphatic carbocycles. The van der Waals surface area contributed by atoms with Crippen molar-refractivity contribution in [3.05, 3.63) is 30.1 Å². The lowest BCUT2D eigenvalue weighted by Crippen LogP contribution is -3.00. The van der Waals surface area contributed by atoms with Gasteiger partial charge in [-0.3, -0.25) is 0 Å². The van der Waals surface area contributed by atoms with E-state index in [0.717, 1.165) is 25.1 Å². The van der Waals surface area contributed by atoms with E-state index in [-0.39, 0.29) is 35.9 Å².